The summed E-state index contributed by atoms with van der Waals surface area (Å²) in [5.41, 5.74) is 7.25. The Labute approximate surface area is 123 Å². The van der Waals surface area contributed by atoms with Crippen LogP contribution in [0.15, 0.2) is 16.7 Å². The molecule has 0 spiro atoms. The molecule has 4 nitrogen and oxygen atoms in total. The third-order valence-corrected chi connectivity index (χ3v) is 3.62. The molecule has 3 N–H and O–H groups in total. The molecule has 0 bridgehead atoms. The van der Waals surface area contributed by atoms with Crippen LogP contribution in [0.25, 0.3) is 0 Å². The minimum Gasteiger partial charge on any atom is -0.330 e. The molecule has 1 aromatic heterocycles. The molecule has 0 aliphatic heterocycles. The number of pyridine rings is 1. The summed E-state index contributed by atoms with van der Waals surface area (Å²) in [5, 5.41) is 2.90. The molecule has 5 heteroatoms. The number of nitrogens with zero attached hydrogens (tertiary/aromatic N) is 1. The highest BCUT2D eigenvalue weighted by atomic mass is 79.9. The maximum atomic E-state index is 11.9. The Balaban J connectivity index is 2.52. The van der Waals surface area contributed by atoms with Gasteiger partial charge in [-0.05, 0) is 59.8 Å². The van der Waals surface area contributed by atoms with Gasteiger partial charge in [-0.2, -0.15) is 0 Å². The summed E-state index contributed by atoms with van der Waals surface area (Å²) in [5.74, 6) is 0.0253. The molecule has 0 fully saturated rings. The smallest absolute Gasteiger partial charge is 0.224 e. The average molecular weight is 328 g/mol. The second-order valence-corrected chi connectivity index (χ2v) is 6.33. The topological polar surface area (TPSA) is 68.0 Å². The first-order valence-electron chi connectivity index (χ1n) is 6.47. The lowest BCUT2D eigenvalue weighted by atomic mass is 9.84. The van der Waals surface area contributed by atoms with E-state index in [1.165, 1.54) is 0 Å². The van der Waals surface area contributed by atoms with Crippen LogP contribution in [0.2, 0.25) is 0 Å². The summed E-state index contributed by atoms with van der Waals surface area (Å²) in [4.78, 5) is 16.2. The lowest BCUT2D eigenvalue weighted by Gasteiger charge is -2.23. The van der Waals surface area contributed by atoms with E-state index in [-0.39, 0.29) is 11.3 Å². The van der Waals surface area contributed by atoms with Gasteiger partial charge in [-0.25, -0.2) is 4.98 Å². The zero-order valence-corrected chi connectivity index (χ0v) is 13.4. The Morgan fingerprint density at radius 1 is 1.42 bits per heavy atom. The number of nitrogens with two attached hydrogens (primary N) is 1. The van der Waals surface area contributed by atoms with Crippen LogP contribution >= 0.6 is 15.9 Å². The molecule has 0 aromatic carbocycles. The van der Waals surface area contributed by atoms with E-state index in [1.54, 1.807) is 0 Å². The number of carbonyl (C=O) groups excluding carboxylic acids is 1. The van der Waals surface area contributed by atoms with Crippen LogP contribution in [0.4, 0.5) is 5.69 Å². The molecular weight excluding hydrogens is 306 g/mol. The van der Waals surface area contributed by atoms with Gasteiger partial charge in [0.15, 0.2) is 0 Å². The van der Waals surface area contributed by atoms with Gasteiger partial charge < -0.3 is 11.1 Å². The number of halogens is 1. The van der Waals surface area contributed by atoms with E-state index < -0.39 is 0 Å². The summed E-state index contributed by atoms with van der Waals surface area (Å²) >= 11 is 3.30. The largest absolute Gasteiger partial charge is 0.330 e. The molecule has 1 amide bonds. The second-order valence-electron chi connectivity index (χ2n) is 5.52. The predicted molar refractivity (Wildman–Crippen MR) is 82.0 cm³/mol. The van der Waals surface area contributed by atoms with Gasteiger partial charge in [-0.15, -0.1) is 0 Å². The Bertz CT molecular complexity index is 446. The van der Waals surface area contributed by atoms with Crippen molar-refractivity contribution < 1.29 is 4.79 Å². The van der Waals surface area contributed by atoms with Gasteiger partial charge in [0.2, 0.25) is 5.91 Å². The number of carbonyl (C=O) groups is 1. The Morgan fingerprint density at radius 2 is 2.11 bits per heavy atom. The van der Waals surface area contributed by atoms with Crippen LogP contribution in [-0.2, 0) is 4.79 Å². The highest BCUT2D eigenvalue weighted by molar-refractivity contribution is 9.10. The van der Waals surface area contributed by atoms with Crippen molar-refractivity contribution in [3.05, 3.63) is 22.4 Å². The molecule has 0 aliphatic carbocycles. The number of amides is 1. The monoisotopic (exact) mass is 327 g/mol. The van der Waals surface area contributed by atoms with Crippen LogP contribution in [0.5, 0.6) is 0 Å². The predicted octanol–water partition coefficient (Wildman–Crippen LogP) is 3.25. The number of hydrogen-bond acceptors (Lipinski definition) is 3. The number of aromatic nitrogens is 1. The van der Waals surface area contributed by atoms with Crippen molar-refractivity contribution in [3.8, 4) is 0 Å². The van der Waals surface area contributed by atoms with Crippen LogP contribution < -0.4 is 11.1 Å². The first-order valence-corrected chi connectivity index (χ1v) is 7.26. The minimum absolute atomic E-state index is 0.0253. The zero-order valence-electron chi connectivity index (χ0n) is 11.8. The first kappa shape index (κ1) is 16.1. The van der Waals surface area contributed by atoms with Crippen molar-refractivity contribution in [1.29, 1.82) is 0 Å². The van der Waals surface area contributed by atoms with Crippen LogP contribution in [0.1, 0.15) is 38.8 Å². The summed E-state index contributed by atoms with van der Waals surface area (Å²) in [6.07, 6.45) is 2.26. The highest BCUT2D eigenvalue weighted by Gasteiger charge is 2.18. The van der Waals surface area contributed by atoms with Gasteiger partial charge in [-0.3, -0.25) is 4.79 Å². The average Bonchev–Trinajstić information content (AvgIpc) is 2.30. The molecular formula is C14H22BrN3O. The van der Waals surface area contributed by atoms with Crippen molar-refractivity contribution in [2.45, 2.75) is 40.0 Å². The van der Waals surface area contributed by atoms with Gasteiger partial charge >= 0.3 is 0 Å². The van der Waals surface area contributed by atoms with E-state index in [0.29, 0.717) is 13.0 Å². The summed E-state index contributed by atoms with van der Waals surface area (Å²) < 4.78 is 0.770. The van der Waals surface area contributed by atoms with Gasteiger partial charge in [0, 0.05) is 6.42 Å². The van der Waals surface area contributed by atoms with Gasteiger partial charge in [-0.1, -0.05) is 13.8 Å². The molecule has 0 saturated heterocycles. The highest BCUT2D eigenvalue weighted by Crippen LogP contribution is 2.26. The fourth-order valence-electron chi connectivity index (χ4n) is 1.84. The number of hydrogen-bond donors (Lipinski definition) is 2. The third kappa shape index (κ3) is 5.70. The van der Waals surface area contributed by atoms with E-state index in [4.69, 9.17) is 5.73 Å². The molecule has 106 valence electrons. The minimum atomic E-state index is 0.0253. The van der Waals surface area contributed by atoms with Crippen molar-refractivity contribution in [2.24, 2.45) is 11.1 Å². The molecule has 0 unspecified atom stereocenters. The second kappa shape index (κ2) is 7.01. The van der Waals surface area contributed by atoms with Gasteiger partial charge in [0.25, 0.3) is 0 Å². The standard InChI is InChI=1S/C14H22BrN3O/c1-10-11(4-5-12(15)17-10)18-13(19)6-7-14(2,3)8-9-16/h4-5H,6-9,16H2,1-3H3,(H,18,19). The molecule has 0 atom stereocenters. The van der Waals surface area contributed by atoms with Crippen LogP contribution in [0, 0.1) is 12.3 Å². The maximum Gasteiger partial charge on any atom is 0.224 e. The SMILES string of the molecule is Cc1nc(Br)ccc1NC(=O)CCC(C)(C)CCN. The summed E-state index contributed by atoms with van der Waals surface area (Å²) in [7, 11) is 0. The van der Waals surface area contributed by atoms with E-state index in [1.807, 2.05) is 19.1 Å². The molecule has 0 radical (unpaired) electrons. The van der Waals surface area contributed by atoms with Gasteiger partial charge in [0.1, 0.15) is 4.60 Å². The van der Waals surface area contributed by atoms with Crippen LogP contribution in [-0.4, -0.2) is 17.4 Å². The van der Waals surface area contributed by atoms with Crippen molar-refractivity contribution in [3.63, 3.8) is 0 Å². The number of rotatable bonds is 6. The van der Waals surface area contributed by atoms with E-state index >= 15 is 0 Å². The lowest BCUT2D eigenvalue weighted by Crippen LogP contribution is -2.21. The molecule has 19 heavy (non-hydrogen) atoms. The number of nitrogens with one attached hydrogen (secondary N) is 1. The fraction of sp³-hybridized carbons (Fsp3) is 0.571. The van der Waals surface area contributed by atoms with E-state index in [0.717, 1.165) is 28.8 Å². The molecule has 1 heterocycles. The summed E-state index contributed by atoms with van der Waals surface area (Å²) in [6, 6.07) is 3.68. The quantitative estimate of drug-likeness (QED) is 0.788. The van der Waals surface area contributed by atoms with Crippen molar-refractivity contribution >= 4 is 27.5 Å². The van der Waals surface area contributed by atoms with E-state index in [2.05, 4.69) is 40.1 Å². The fourth-order valence-corrected chi connectivity index (χ4v) is 2.24. The lowest BCUT2D eigenvalue weighted by molar-refractivity contribution is -0.116. The van der Waals surface area contributed by atoms with Crippen molar-refractivity contribution in [1.82, 2.24) is 4.98 Å². The maximum absolute atomic E-state index is 11.9. The Kier molecular flexibility index (Phi) is 5.94. The molecule has 1 rings (SSSR count). The number of aryl methyl sites for hydroxylation is 1. The van der Waals surface area contributed by atoms with Crippen molar-refractivity contribution in [2.75, 3.05) is 11.9 Å². The Hall–Kier alpha value is -0.940. The molecule has 1 aromatic rings. The van der Waals surface area contributed by atoms with Crippen LogP contribution in [0.3, 0.4) is 0 Å². The first-order chi connectivity index (χ1) is 8.84. The van der Waals surface area contributed by atoms with Gasteiger partial charge in [0.05, 0.1) is 11.4 Å². The zero-order chi connectivity index (χ0) is 14.5. The Morgan fingerprint density at radius 3 is 2.68 bits per heavy atom. The third-order valence-electron chi connectivity index (χ3n) is 3.18. The van der Waals surface area contributed by atoms with E-state index in [9.17, 15) is 4.79 Å². The normalized spacial score (nSPS) is 11.4. The molecule has 0 aliphatic rings. The summed E-state index contributed by atoms with van der Waals surface area (Å²) in [6.45, 7) is 6.81. The number of anilines is 1. The molecule has 0 saturated carbocycles.